The fourth-order valence-electron chi connectivity index (χ4n) is 4.07. The lowest BCUT2D eigenvalue weighted by molar-refractivity contribution is -0.502. The predicted molar refractivity (Wildman–Crippen MR) is 106 cm³/mol. The van der Waals surface area contributed by atoms with Crippen LogP contribution in [0.4, 0.5) is 14.8 Å². The van der Waals surface area contributed by atoms with E-state index in [-0.39, 0.29) is 17.7 Å². The fraction of sp³-hybridized carbons (Fsp3) is 0.227. The molecule has 2 aromatic carbocycles. The first-order valence-corrected chi connectivity index (χ1v) is 9.71. The lowest BCUT2D eigenvalue weighted by Crippen LogP contribution is -2.82. The number of carbonyl (C=O) groups excluding carboxylic acids is 1. The van der Waals surface area contributed by atoms with Crippen LogP contribution in [0.25, 0.3) is 11.1 Å². The summed E-state index contributed by atoms with van der Waals surface area (Å²) in [4.78, 5) is 20.3. The smallest absolute Gasteiger partial charge is 0.365 e. The quantitative estimate of drug-likeness (QED) is 0.606. The van der Waals surface area contributed by atoms with Crippen molar-refractivity contribution in [1.29, 1.82) is 0 Å². The number of hydrogen-bond donors (Lipinski definition) is 3. The monoisotopic (exact) mass is 409 g/mol. The van der Waals surface area contributed by atoms with E-state index in [1.807, 2.05) is 25.1 Å². The van der Waals surface area contributed by atoms with Gasteiger partial charge in [0.2, 0.25) is 0 Å². The number of allylic oxidation sites excluding steroid dienone is 1. The van der Waals surface area contributed by atoms with E-state index in [4.69, 9.17) is 4.42 Å². The number of oxazole rings is 1. The molecule has 0 bridgehead atoms. The number of rotatable bonds is 2. The van der Waals surface area contributed by atoms with Crippen LogP contribution in [0.1, 0.15) is 31.4 Å². The van der Waals surface area contributed by atoms with Crippen LogP contribution in [0.15, 0.2) is 58.2 Å². The molecule has 1 aliphatic carbocycles. The molecule has 0 saturated carbocycles. The van der Waals surface area contributed by atoms with Gasteiger partial charge in [0.1, 0.15) is 23.2 Å². The Morgan fingerprint density at radius 3 is 2.70 bits per heavy atom. The van der Waals surface area contributed by atoms with Crippen molar-refractivity contribution in [3.05, 3.63) is 70.9 Å². The largest absolute Gasteiger partial charge is 0.412 e. The van der Waals surface area contributed by atoms with Gasteiger partial charge in [-0.2, -0.15) is 10.3 Å². The summed E-state index contributed by atoms with van der Waals surface area (Å²) in [5, 5.41) is 6.25. The zero-order chi connectivity index (χ0) is 20.8. The van der Waals surface area contributed by atoms with Gasteiger partial charge in [-0.3, -0.25) is 9.79 Å². The van der Waals surface area contributed by atoms with Crippen molar-refractivity contribution in [2.75, 3.05) is 5.32 Å². The van der Waals surface area contributed by atoms with Crippen molar-refractivity contribution >= 4 is 28.9 Å². The molecule has 3 aromatic rings. The van der Waals surface area contributed by atoms with Gasteiger partial charge in [0.25, 0.3) is 0 Å². The molecule has 1 aliphatic heterocycles. The average Bonchev–Trinajstić information content (AvgIpc) is 3.08. The van der Waals surface area contributed by atoms with Crippen LogP contribution >= 0.6 is 0 Å². The third kappa shape index (κ3) is 3.34. The van der Waals surface area contributed by atoms with E-state index in [1.54, 1.807) is 6.07 Å². The second-order valence-electron chi connectivity index (χ2n) is 7.72. The molecule has 6 nitrogen and oxygen atoms in total. The molecule has 1 aromatic heterocycles. The summed E-state index contributed by atoms with van der Waals surface area (Å²) in [7, 11) is 0. The maximum atomic E-state index is 13.9. The minimum absolute atomic E-state index is 0.0423. The number of aromatic nitrogens is 1. The van der Waals surface area contributed by atoms with Gasteiger partial charge in [-0.25, -0.2) is 14.1 Å². The summed E-state index contributed by atoms with van der Waals surface area (Å²) in [6, 6.07) is 10.2. The summed E-state index contributed by atoms with van der Waals surface area (Å²) >= 11 is 0. The number of nitrogens with one attached hydrogen (secondary N) is 3. The van der Waals surface area contributed by atoms with Gasteiger partial charge in [0.15, 0.2) is 11.4 Å². The molecule has 0 fully saturated rings. The summed E-state index contributed by atoms with van der Waals surface area (Å²) in [5.74, 6) is -0.844. The Morgan fingerprint density at radius 2 is 1.93 bits per heavy atom. The third-order valence-corrected chi connectivity index (χ3v) is 5.31. The number of nitrogens with zero attached hydrogens (tertiary/aromatic N) is 1. The molecule has 0 saturated heterocycles. The number of guanidine groups is 1. The zero-order valence-corrected chi connectivity index (χ0v) is 16.1. The molecular weight excluding hydrogens is 390 g/mol. The number of benzene rings is 2. The lowest BCUT2D eigenvalue weighted by Gasteiger charge is -2.29. The molecule has 0 spiro atoms. The number of hydrogen-bond acceptors (Lipinski definition) is 5. The van der Waals surface area contributed by atoms with E-state index in [0.717, 1.165) is 11.8 Å². The molecule has 2 atom stereocenters. The molecule has 2 heterocycles. The van der Waals surface area contributed by atoms with Crippen molar-refractivity contribution in [1.82, 2.24) is 10.3 Å². The molecule has 5 rings (SSSR count). The summed E-state index contributed by atoms with van der Waals surface area (Å²) < 4.78 is 33.5. The molecular formula is C22H19F2N4O2+. The Balaban J connectivity index is 1.55. The molecule has 0 amide bonds. The highest BCUT2D eigenvalue weighted by atomic mass is 19.1. The minimum Gasteiger partial charge on any atom is -0.412 e. The van der Waals surface area contributed by atoms with Crippen LogP contribution < -0.4 is 15.6 Å². The van der Waals surface area contributed by atoms with E-state index in [9.17, 15) is 13.6 Å². The number of ketones is 1. The normalized spacial score (nSPS) is 21.3. The molecule has 0 unspecified atom stereocenters. The predicted octanol–water partition coefficient (Wildman–Crippen LogP) is 2.55. The van der Waals surface area contributed by atoms with E-state index in [0.29, 0.717) is 41.0 Å². The van der Waals surface area contributed by atoms with Gasteiger partial charge in [0, 0.05) is 18.9 Å². The number of para-hydroxylation sites is 2. The van der Waals surface area contributed by atoms with Crippen LogP contribution in [0.5, 0.6) is 0 Å². The summed E-state index contributed by atoms with van der Waals surface area (Å²) in [6.45, 7) is 2.00. The van der Waals surface area contributed by atoms with E-state index in [2.05, 4.69) is 20.6 Å². The standard InChI is InChI=1S/C22H18F2N4O2/c1-11-6-16-19(17(29)7-11)20(12-8-13(23)10-14(24)9-12)27-21(25-16)28-22-26-15-4-2-3-5-18(15)30-22/h2-5,8-11,20H,6-7H2,1H3,(H2,25,26,27,28)/p+1/t11-,20-/m0/s1. The van der Waals surface area contributed by atoms with Gasteiger partial charge in [-0.1, -0.05) is 19.1 Å². The highest BCUT2D eigenvalue weighted by Crippen LogP contribution is 2.33. The van der Waals surface area contributed by atoms with Gasteiger partial charge < -0.3 is 4.42 Å². The van der Waals surface area contributed by atoms with E-state index < -0.39 is 17.7 Å². The number of halogens is 2. The van der Waals surface area contributed by atoms with Gasteiger partial charge >= 0.3 is 12.0 Å². The minimum atomic E-state index is -0.697. The molecule has 3 N–H and O–H groups in total. The second-order valence-corrected chi connectivity index (χ2v) is 7.72. The Kier molecular flexibility index (Phi) is 4.34. The number of fused-ring (bicyclic) bond motifs is 1. The van der Waals surface area contributed by atoms with E-state index in [1.165, 1.54) is 12.1 Å². The number of Topliss-reactive ketones (excluding diaryl/α,β-unsaturated/α-hetero) is 1. The number of anilines is 1. The topological polar surface area (TPSA) is 81.1 Å². The van der Waals surface area contributed by atoms with Crippen LogP contribution in [0, 0.1) is 17.6 Å². The second kappa shape index (κ2) is 7.05. The van der Waals surface area contributed by atoms with Crippen LogP contribution in [0.2, 0.25) is 0 Å². The van der Waals surface area contributed by atoms with Crippen LogP contribution in [-0.4, -0.2) is 16.7 Å². The third-order valence-electron chi connectivity index (χ3n) is 5.31. The molecule has 0 radical (unpaired) electrons. The van der Waals surface area contributed by atoms with Crippen molar-refractivity contribution in [2.45, 2.75) is 25.8 Å². The van der Waals surface area contributed by atoms with E-state index >= 15 is 0 Å². The molecule has 30 heavy (non-hydrogen) atoms. The van der Waals surface area contributed by atoms with Crippen molar-refractivity contribution < 1.29 is 23.0 Å². The van der Waals surface area contributed by atoms with Crippen molar-refractivity contribution in [2.24, 2.45) is 5.92 Å². The molecule has 2 aliphatic rings. The number of carbonyl (C=O) groups is 1. The maximum Gasteiger partial charge on any atom is 0.365 e. The Labute approximate surface area is 170 Å². The SMILES string of the molecule is C[C@@H]1CC(=O)C2=C(C1)NC(Nc1nc3ccccc3o1)=[NH+][C@H]2c1cc(F)cc(F)c1. The highest BCUT2D eigenvalue weighted by Gasteiger charge is 2.38. The lowest BCUT2D eigenvalue weighted by atomic mass is 9.81. The summed E-state index contributed by atoms with van der Waals surface area (Å²) in [5.41, 5.74) is 2.89. The van der Waals surface area contributed by atoms with Crippen LogP contribution in [-0.2, 0) is 4.79 Å². The summed E-state index contributed by atoms with van der Waals surface area (Å²) in [6.07, 6.45) is 1.04. The fourth-order valence-corrected chi connectivity index (χ4v) is 4.07. The Bertz CT molecular complexity index is 1180. The maximum absolute atomic E-state index is 13.9. The van der Waals surface area contributed by atoms with Gasteiger partial charge in [0.05, 0.1) is 11.3 Å². The molecule has 152 valence electrons. The molecule has 8 heteroatoms. The first kappa shape index (κ1) is 18.5. The van der Waals surface area contributed by atoms with Crippen molar-refractivity contribution in [3.8, 4) is 0 Å². The van der Waals surface area contributed by atoms with Gasteiger partial charge in [-0.05, 0) is 35.7 Å². The highest BCUT2D eigenvalue weighted by molar-refractivity contribution is 6.01. The first-order valence-electron chi connectivity index (χ1n) is 9.71. The first-order chi connectivity index (χ1) is 14.5. The zero-order valence-electron chi connectivity index (χ0n) is 16.1. The van der Waals surface area contributed by atoms with Crippen molar-refractivity contribution in [3.63, 3.8) is 0 Å². The Morgan fingerprint density at radius 1 is 1.17 bits per heavy atom. The average molecular weight is 409 g/mol. The van der Waals surface area contributed by atoms with Gasteiger partial charge in [-0.15, -0.1) is 0 Å². The Hall–Kier alpha value is -3.55. The van der Waals surface area contributed by atoms with Crippen LogP contribution in [0.3, 0.4) is 0 Å².